The van der Waals surface area contributed by atoms with Crippen molar-refractivity contribution in [2.45, 2.75) is 31.9 Å². The smallest absolute Gasteiger partial charge is 0.316 e. The third-order valence-corrected chi connectivity index (χ3v) is 3.32. The lowest BCUT2D eigenvalue weighted by Crippen LogP contribution is -2.18. The Kier molecular flexibility index (Phi) is 7.09. The molecule has 0 heterocycles. The highest BCUT2D eigenvalue weighted by molar-refractivity contribution is 8.00. The zero-order chi connectivity index (χ0) is 10.3. The number of carboxylic acids is 1. The fourth-order valence-corrected chi connectivity index (χ4v) is 2.08. The molecule has 0 rings (SSSR count). The zero-order valence-corrected chi connectivity index (χ0v) is 9.01. The lowest BCUT2D eigenvalue weighted by atomic mass is 10.2. The summed E-state index contributed by atoms with van der Waals surface area (Å²) in [5.41, 5.74) is 0. The molecule has 0 aromatic heterocycles. The van der Waals surface area contributed by atoms with Gasteiger partial charge in [-0.1, -0.05) is 20.3 Å². The molecular formula is C9H18O3S. The Bertz CT molecular complexity index is 150. The topological polar surface area (TPSA) is 57.5 Å². The molecule has 2 atom stereocenters. The maximum absolute atomic E-state index is 10.7. The maximum Gasteiger partial charge on any atom is 0.316 e. The highest BCUT2D eigenvalue weighted by atomic mass is 32.2. The molecule has 0 saturated carbocycles. The second kappa shape index (κ2) is 7.21. The fraction of sp³-hybridized carbons (Fsp3) is 0.889. The van der Waals surface area contributed by atoms with Crippen LogP contribution in [0.15, 0.2) is 0 Å². The number of rotatable bonds is 7. The molecule has 2 unspecified atom stereocenters. The summed E-state index contributed by atoms with van der Waals surface area (Å²) in [7, 11) is 0. The van der Waals surface area contributed by atoms with E-state index in [1.54, 1.807) is 0 Å². The van der Waals surface area contributed by atoms with Crippen LogP contribution in [0, 0.1) is 5.92 Å². The van der Waals surface area contributed by atoms with Gasteiger partial charge in [0, 0.05) is 6.61 Å². The molecule has 0 bridgehead atoms. The Morgan fingerprint density at radius 3 is 2.54 bits per heavy atom. The Morgan fingerprint density at radius 1 is 1.54 bits per heavy atom. The van der Waals surface area contributed by atoms with E-state index < -0.39 is 5.97 Å². The van der Waals surface area contributed by atoms with Gasteiger partial charge in [0.15, 0.2) is 0 Å². The summed E-state index contributed by atoms with van der Waals surface area (Å²) >= 11 is 1.43. The summed E-state index contributed by atoms with van der Waals surface area (Å²) < 4.78 is 0. The second-order valence-electron chi connectivity index (χ2n) is 3.24. The SMILES string of the molecule is CCCC(SCC(C)CO)C(=O)O. The number of aliphatic hydroxyl groups is 1. The van der Waals surface area contributed by atoms with Crippen molar-refractivity contribution in [3.05, 3.63) is 0 Å². The minimum atomic E-state index is -0.739. The van der Waals surface area contributed by atoms with Crippen LogP contribution in [0.2, 0.25) is 0 Å². The number of carboxylic acid groups (broad SMARTS) is 1. The number of carbonyl (C=O) groups is 1. The molecule has 78 valence electrons. The average molecular weight is 206 g/mol. The van der Waals surface area contributed by atoms with Crippen LogP contribution in [0.3, 0.4) is 0 Å². The third-order valence-electron chi connectivity index (χ3n) is 1.72. The predicted molar refractivity (Wildman–Crippen MR) is 55.0 cm³/mol. The van der Waals surface area contributed by atoms with Crippen molar-refractivity contribution < 1.29 is 15.0 Å². The van der Waals surface area contributed by atoms with Gasteiger partial charge in [-0.3, -0.25) is 4.79 Å². The molecule has 0 radical (unpaired) electrons. The van der Waals surface area contributed by atoms with Crippen molar-refractivity contribution in [3.63, 3.8) is 0 Å². The van der Waals surface area contributed by atoms with Crippen LogP contribution in [0.1, 0.15) is 26.7 Å². The van der Waals surface area contributed by atoms with Crippen LogP contribution in [0.5, 0.6) is 0 Å². The highest BCUT2D eigenvalue weighted by Gasteiger charge is 2.17. The molecular weight excluding hydrogens is 188 g/mol. The Labute approximate surface area is 83.5 Å². The van der Waals surface area contributed by atoms with Crippen LogP contribution in [-0.4, -0.2) is 33.8 Å². The van der Waals surface area contributed by atoms with E-state index in [-0.39, 0.29) is 17.8 Å². The van der Waals surface area contributed by atoms with E-state index in [9.17, 15) is 4.79 Å². The van der Waals surface area contributed by atoms with Crippen molar-refractivity contribution in [1.29, 1.82) is 0 Å². The van der Waals surface area contributed by atoms with Crippen LogP contribution in [-0.2, 0) is 4.79 Å². The van der Waals surface area contributed by atoms with Crippen molar-refractivity contribution in [1.82, 2.24) is 0 Å². The Morgan fingerprint density at radius 2 is 2.15 bits per heavy atom. The standard InChI is InChI=1S/C9H18O3S/c1-3-4-8(9(11)12)13-6-7(2)5-10/h7-8,10H,3-6H2,1-2H3,(H,11,12). The first kappa shape index (κ1) is 12.8. The predicted octanol–water partition coefficient (Wildman–Crippen LogP) is 1.60. The van der Waals surface area contributed by atoms with E-state index in [4.69, 9.17) is 10.2 Å². The van der Waals surface area contributed by atoms with Gasteiger partial charge in [-0.25, -0.2) is 0 Å². The van der Waals surface area contributed by atoms with Crippen molar-refractivity contribution in [2.24, 2.45) is 5.92 Å². The molecule has 0 fully saturated rings. The second-order valence-corrected chi connectivity index (χ2v) is 4.47. The van der Waals surface area contributed by atoms with Gasteiger partial charge < -0.3 is 10.2 Å². The quantitative estimate of drug-likeness (QED) is 0.664. The van der Waals surface area contributed by atoms with E-state index in [1.165, 1.54) is 11.8 Å². The van der Waals surface area contributed by atoms with Gasteiger partial charge in [-0.15, -0.1) is 11.8 Å². The van der Waals surface area contributed by atoms with Gasteiger partial charge in [-0.05, 0) is 18.1 Å². The first-order chi connectivity index (χ1) is 6.11. The monoisotopic (exact) mass is 206 g/mol. The van der Waals surface area contributed by atoms with Crippen LogP contribution >= 0.6 is 11.8 Å². The first-order valence-electron chi connectivity index (χ1n) is 4.57. The van der Waals surface area contributed by atoms with E-state index in [1.807, 2.05) is 13.8 Å². The Balaban J connectivity index is 3.75. The molecule has 0 saturated heterocycles. The van der Waals surface area contributed by atoms with Gasteiger partial charge in [0.05, 0.1) is 0 Å². The van der Waals surface area contributed by atoms with Crippen LogP contribution in [0.25, 0.3) is 0 Å². The molecule has 3 nitrogen and oxygen atoms in total. The molecule has 0 aliphatic heterocycles. The highest BCUT2D eigenvalue weighted by Crippen LogP contribution is 2.19. The largest absolute Gasteiger partial charge is 0.480 e. The minimum absolute atomic E-state index is 0.130. The van der Waals surface area contributed by atoms with Crippen molar-refractivity contribution in [2.75, 3.05) is 12.4 Å². The fourth-order valence-electron chi connectivity index (χ4n) is 0.873. The van der Waals surface area contributed by atoms with Crippen molar-refractivity contribution >= 4 is 17.7 Å². The molecule has 4 heteroatoms. The van der Waals surface area contributed by atoms with Crippen molar-refractivity contribution in [3.8, 4) is 0 Å². The summed E-state index contributed by atoms with van der Waals surface area (Å²) in [5.74, 6) is 0.161. The normalized spacial score (nSPS) is 15.3. The number of hydrogen-bond donors (Lipinski definition) is 2. The molecule has 0 aromatic rings. The van der Waals surface area contributed by atoms with Gasteiger partial charge >= 0.3 is 5.97 Å². The third kappa shape index (κ3) is 5.93. The first-order valence-corrected chi connectivity index (χ1v) is 5.61. The van der Waals surface area contributed by atoms with E-state index >= 15 is 0 Å². The molecule has 0 amide bonds. The van der Waals surface area contributed by atoms with E-state index in [0.29, 0.717) is 12.2 Å². The van der Waals surface area contributed by atoms with Crippen LogP contribution in [0.4, 0.5) is 0 Å². The van der Waals surface area contributed by atoms with Crippen LogP contribution < -0.4 is 0 Å². The summed E-state index contributed by atoms with van der Waals surface area (Å²) in [6.45, 7) is 4.02. The zero-order valence-electron chi connectivity index (χ0n) is 8.19. The summed E-state index contributed by atoms with van der Waals surface area (Å²) in [6, 6.07) is 0. The van der Waals surface area contributed by atoms with Gasteiger partial charge in [0.2, 0.25) is 0 Å². The lowest BCUT2D eigenvalue weighted by molar-refractivity contribution is -0.136. The molecule has 0 aromatic carbocycles. The molecule has 0 aliphatic rings. The van der Waals surface area contributed by atoms with Gasteiger partial charge in [0.1, 0.15) is 5.25 Å². The minimum Gasteiger partial charge on any atom is -0.480 e. The van der Waals surface area contributed by atoms with E-state index in [2.05, 4.69) is 0 Å². The maximum atomic E-state index is 10.7. The molecule has 0 aliphatic carbocycles. The number of aliphatic carboxylic acids is 1. The number of hydrogen-bond acceptors (Lipinski definition) is 3. The lowest BCUT2D eigenvalue weighted by Gasteiger charge is -2.13. The van der Waals surface area contributed by atoms with E-state index in [0.717, 1.165) is 6.42 Å². The average Bonchev–Trinajstić information content (AvgIpc) is 2.11. The number of thioether (sulfide) groups is 1. The number of aliphatic hydroxyl groups excluding tert-OH is 1. The molecule has 2 N–H and O–H groups in total. The van der Waals surface area contributed by atoms with Gasteiger partial charge in [0.25, 0.3) is 0 Å². The Hall–Kier alpha value is -0.220. The summed E-state index contributed by atoms with van der Waals surface area (Å²) in [5, 5.41) is 17.3. The summed E-state index contributed by atoms with van der Waals surface area (Å²) in [6.07, 6.45) is 1.59. The molecule has 0 spiro atoms. The summed E-state index contributed by atoms with van der Waals surface area (Å²) in [4.78, 5) is 10.7. The molecule has 13 heavy (non-hydrogen) atoms. The van der Waals surface area contributed by atoms with Gasteiger partial charge in [-0.2, -0.15) is 0 Å².